The molecule has 150 valence electrons. The van der Waals surface area contributed by atoms with Crippen LogP contribution in [-0.2, 0) is 9.59 Å². The van der Waals surface area contributed by atoms with Crippen LogP contribution in [0.4, 0.5) is 0 Å². The van der Waals surface area contributed by atoms with Gasteiger partial charge in [0.1, 0.15) is 0 Å². The van der Waals surface area contributed by atoms with Crippen molar-refractivity contribution in [3.8, 4) is 0 Å². The molecule has 0 spiro atoms. The van der Waals surface area contributed by atoms with Crippen LogP contribution < -0.4 is 0 Å². The van der Waals surface area contributed by atoms with Crippen LogP contribution in [-0.4, -0.2) is 68.6 Å². The Hall–Kier alpha value is -2.26. The first-order valence-corrected chi connectivity index (χ1v) is 9.83. The smallest absolute Gasteiger partial charge is 0.335 e. The highest BCUT2D eigenvalue weighted by molar-refractivity contribution is 7.20. The molecule has 8 heteroatoms. The van der Waals surface area contributed by atoms with Crippen LogP contribution in [0.5, 0.6) is 0 Å². The summed E-state index contributed by atoms with van der Waals surface area (Å²) in [5.74, 6) is -3.54. The maximum Gasteiger partial charge on any atom is 0.335 e. The van der Waals surface area contributed by atoms with E-state index >= 15 is 0 Å². The lowest BCUT2D eigenvalue weighted by molar-refractivity contribution is -0.165. The number of rotatable bonds is 4. The number of thiophene rings is 1. The molecule has 2 aromatic rings. The zero-order chi connectivity index (χ0) is 20.4. The topological polar surface area (TPSA) is 118 Å². The minimum atomic E-state index is -2.27. The largest absolute Gasteiger partial charge is 0.479 e. The highest BCUT2D eigenvalue weighted by atomic mass is 32.1. The van der Waals surface area contributed by atoms with Gasteiger partial charge in [-0.3, -0.25) is 4.90 Å². The van der Waals surface area contributed by atoms with Gasteiger partial charge in [0.05, 0.1) is 0 Å². The van der Waals surface area contributed by atoms with Crippen LogP contribution in [0.15, 0.2) is 36.4 Å². The van der Waals surface area contributed by atoms with Gasteiger partial charge in [0.25, 0.3) is 0 Å². The number of benzene rings is 1. The second-order valence-electron chi connectivity index (χ2n) is 7.07. The van der Waals surface area contributed by atoms with E-state index in [4.69, 9.17) is 20.4 Å². The Morgan fingerprint density at radius 2 is 1.75 bits per heavy atom. The molecule has 7 nitrogen and oxygen atoms in total. The zero-order valence-electron chi connectivity index (χ0n) is 15.4. The predicted molar refractivity (Wildman–Crippen MR) is 106 cm³/mol. The highest BCUT2D eigenvalue weighted by Gasteiger charge is 2.34. The summed E-state index contributed by atoms with van der Waals surface area (Å²) < 4.78 is 1.42. The summed E-state index contributed by atoms with van der Waals surface area (Å²) in [6.07, 6.45) is 1.92. The van der Waals surface area contributed by atoms with E-state index in [0.717, 1.165) is 6.04 Å². The summed E-state index contributed by atoms with van der Waals surface area (Å²) in [6, 6.07) is 12.6. The molecule has 1 aromatic carbocycles. The first-order chi connectivity index (χ1) is 13.3. The van der Waals surface area contributed by atoms with Crippen molar-refractivity contribution >= 4 is 38.9 Å². The second kappa shape index (κ2) is 8.40. The molecule has 0 amide bonds. The van der Waals surface area contributed by atoms with Crippen LogP contribution in [0, 0.1) is 0 Å². The van der Waals surface area contributed by atoms with E-state index in [1.807, 2.05) is 11.3 Å². The third-order valence-electron chi connectivity index (χ3n) is 5.29. The second-order valence-corrected chi connectivity index (χ2v) is 8.16. The van der Waals surface area contributed by atoms with Crippen LogP contribution in [0.2, 0.25) is 0 Å². The molecule has 2 aliphatic heterocycles. The molecule has 2 aliphatic rings. The highest BCUT2D eigenvalue weighted by Crippen LogP contribution is 2.40. The van der Waals surface area contributed by atoms with E-state index in [9.17, 15) is 9.59 Å². The maximum atomic E-state index is 9.77. The SMILES string of the molecule is CN1C2C=C(c3cc4ccccc4s3)CC1CC2.O=C(O)C(O)C(O)C(=O)O. The molecule has 4 unspecified atom stereocenters. The normalized spacial score (nSPS) is 23.5. The summed E-state index contributed by atoms with van der Waals surface area (Å²) in [4.78, 5) is 23.6. The number of hydrogen-bond donors (Lipinski definition) is 4. The Morgan fingerprint density at radius 1 is 1.11 bits per heavy atom. The Labute approximate surface area is 166 Å². The molecule has 0 radical (unpaired) electrons. The molecule has 0 aliphatic carbocycles. The van der Waals surface area contributed by atoms with Gasteiger partial charge in [-0.2, -0.15) is 0 Å². The molecule has 1 aromatic heterocycles. The number of aliphatic carboxylic acids is 2. The Kier molecular flexibility index (Phi) is 6.14. The standard InChI is InChI=1S/C16H17NS.C4H6O6/c1-17-13-6-7-14(17)9-12(8-13)16-10-11-4-2-3-5-15(11)18-16;5-1(3(7)8)2(6)4(9)10/h2-5,8,10,13-14H,6-7,9H2,1H3;1-2,5-6H,(H,7,8)(H,9,10). The number of aliphatic hydroxyl groups is 2. The van der Waals surface area contributed by atoms with Crippen molar-refractivity contribution in [2.24, 2.45) is 0 Å². The summed E-state index contributed by atoms with van der Waals surface area (Å²) in [6.45, 7) is 0. The zero-order valence-corrected chi connectivity index (χ0v) is 16.2. The molecule has 2 bridgehead atoms. The quantitative estimate of drug-likeness (QED) is 0.615. The molecular formula is C20H23NO6S. The lowest BCUT2D eigenvalue weighted by atomic mass is 10.0. The lowest BCUT2D eigenvalue weighted by Gasteiger charge is -2.29. The summed E-state index contributed by atoms with van der Waals surface area (Å²) in [5.41, 5.74) is 1.59. The number of likely N-dealkylation sites (N-methyl/N-ethyl adjacent to an activating group) is 1. The molecular weight excluding hydrogens is 382 g/mol. The third-order valence-corrected chi connectivity index (χ3v) is 6.48. The van der Waals surface area contributed by atoms with E-state index in [2.05, 4.69) is 48.4 Å². The number of carboxylic acids is 2. The molecule has 4 rings (SSSR count). The van der Waals surface area contributed by atoms with Gasteiger partial charge in [-0.25, -0.2) is 9.59 Å². The number of carbonyl (C=O) groups is 2. The summed E-state index contributed by atoms with van der Waals surface area (Å²) >= 11 is 1.95. The Morgan fingerprint density at radius 3 is 2.32 bits per heavy atom. The van der Waals surface area contributed by atoms with Crippen molar-refractivity contribution in [3.63, 3.8) is 0 Å². The Bertz CT molecular complexity index is 856. The average molecular weight is 405 g/mol. The van der Waals surface area contributed by atoms with Gasteiger partial charge in [-0.05, 0) is 49.4 Å². The fourth-order valence-corrected chi connectivity index (χ4v) is 4.73. The van der Waals surface area contributed by atoms with E-state index < -0.39 is 24.1 Å². The number of fused-ring (bicyclic) bond motifs is 3. The number of nitrogens with zero attached hydrogens (tertiary/aromatic N) is 1. The van der Waals surface area contributed by atoms with Crippen molar-refractivity contribution in [2.75, 3.05) is 7.05 Å². The van der Waals surface area contributed by atoms with Crippen molar-refractivity contribution in [1.29, 1.82) is 0 Å². The van der Waals surface area contributed by atoms with Gasteiger partial charge in [-0.15, -0.1) is 11.3 Å². The number of aliphatic hydroxyl groups excluding tert-OH is 2. The molecule has 4 N–H and O–H groups in total. The molecule has 1 fully saturated rings. The summed E-state index contributed by atoms with van der Waals surface area (Å²) in [5, 5.41) is 33.9. The monoisotopic (exact) mass is 405 g/mol. The van der Waals surface area contributed by atoms with Crippen molar-refractivity contribution < 1.29 is 30.0 Å². The Balaban J connectivity index is 0.000000195. The van der Waals surface area contributed by atoms with Gasteiger partial charge in [0, 0.05) is 21.7 Å². The first-order valence-electron chi connectivity index (χ1n) is 9.01. The maximum absolute atomic E-state index is 9.77. The third kappa shape index (κ3) is 4.25. The van der Waals surface area contributed by atoms with E-state index in [1.165, 1.54) is 34.2 Å². The van der Waals surface area contributed by atoms with E-state index in [-0.39, 0.29) is 0 Å². The number of carboxylic acid groups (broad SMARTS) is 2. The minimum absolute atomic E-state index is 0.684. The molecule has 1 saturated heterocycles. The average Bonchev–Trinajstić information content (AvgIpc) is 3.17. The number of hydrogen-bond acceptors (Lipinski definition) is 6. The van der Waals surface area contributed by atoms with Gasteiger partial charge in [0.15, 0.2) is 12.2 Å². The van der Waals surface area contributed by atoms with Crippen molar-refractivity contribution in [3.05, 3.63) is 41.3 Å². The van der Waals surface area contributed by atoms with Crippen LogP contribution >= 0.6 is 11.3 Å². The van der Waals surface area contributed by atoms with Gasteiger partial charge in [-0.1, -0.05) is 24.3 Å². The fraction of sp³-hybridized carbons (Fsp3) is 0.400. The molecule has 3 heterocycles. The van der Waals surface area contributed by atoms with Crippen molar-refractivity contribution in [2.45, 2.75) is 43.6 Å². The van der Waals surface area contributed by atoms with Crippen LogP contribution in [0.3, 0.4) is 0 Å². The fourth-order valence-electron chi connectivity index (χ4n) is 3.64. The van der Waals surface area contributed by atoms with Crippen LogP contribution in [0.1, 0.15) is 24.1 Å². The predicted octanol–water partition coefficient (Wildman–Crippen LogP) is 2.03. The van der Waals surface area contributed by atoms with Crippen LogP contribution in [0.25, 0.3) is 15.7 Å². The molecule has 0 saturated carbocycles. The van der Waals surface area contributed by atoms with Gasteiger partial charge >= 0.3 is 11.9 Å². The first kappa shape index (κ1) is 20.5. The van der Waals surface area contributed by atoms with E-state index in [1.54, 1.807) is 5.57 Å². The summed E-state index contributed by atoms with van der Waals surface area (Å²) in [7, 11) is 2.28. The lowest BCUT2D eigenvalue weighted by Crippen LogP contribution is -2.39. The molecule has 4 atom stereocenters. The van der Waals surface area contributed by atoms with E-state index in [0.29, 0.717) is 6.04 Å². The van der Waals surface area contributed by atoms with Gasteiger partial charge < -0.3 is 20.4 Å². The molecule has 28 heavy (non-hydrogen) atoms. The van der Waals surface area contributed by atoms with Gasteiger partial charge in [0.2, 0.25) is 0 Å². The minimum Gasteiger partial charge on any atom is -0.479 e. The van der Waals surface area contributed by atoms with Crippen molar-refractivity contribution in [1.82, 2.24) is 4.90 Å².